The summed E-state index contributed by atoms with van der Waals surface area (Å²) >= 11 is 0. The van der Waals surface area contributed by atoms with Crippen molar-refractivity contribution >= 4 is 30.7 Å². The van der Waals surface area contributed by atoms with Crippen molar-refractivity contribution in [3.05, 3.63) is 42.4 Å². The van der Waals surface area contributed by atoms with Crippen LogP contribution in [0, 0.1) is 0 Å². The Balaban J connectivity index is 0.00000156. The van der Waals surface area contributed by atoms with E-state index in [-0.39, 0.29) is 30.7 Å². The number of carbonyl (C=O) groups is 1. The predicted molar refractivity (Wildman–Crippen MR) is 103 cm³/mol. The molecular formula is C18H25Cl2N3O2. The molecule has 1 aliphatic rings. The zero-order valence-electron chi connectivity index (χ0n) is 14.3. The predicted octanol–water partition coefficient (Wildman–Crippen LogP) is 3.33. The monoisotopic (exact) mass is 385 g/mol. The van der Waals surface area contributed by atoms with Crippen LogP contribution in [0.3, 0.4) is 0 Å². The Morgan fingerprint density at radius 1 is 1.32 bits per heavy atom. The smallest absolute Gasteiger partial charge is 0.222 e. The van der Waals surface area contributed by atoms with E-state index in [4.69, 9.17) is 4.42 Å². The number of carbonyl (C=O) groups excluding carboxylic acids is 1. The van der Waals surface area contributed by atoms with Gasteiger partial charge in [0.1, 0.15) is 0 Å². The molecule has 3 rings (SSSR count). The number of aromatic nitrogens is 1. The van der Waals surface area contributed by atoms with Gasteiger partial charge in [-0.05, 0) is 13.3 Å². The van der Waals surface area contributed by atoms with E-state index >= 15 is 0 Å². The van der Waals surface area contributed by atoms with E-state index in [9.17, 15) is 4.79 Å². The van der Waals surface area contributed by atoms with Crippen molar-refractivity contribution in [2.45, 2.75) is 32.2 Å². The van der Waals surface area contributed by atoms with Crippen molar-refractivity contribution in [1.82, 2.24) is 15.2 Å². The molecule has 1 atom stereocenters. The Labute approximate surface area is 161 Å². The molecule has 5 nitrogen and oxygen atoms in total. The van der Waals surface area contributed by atoms with Crippen LogP contribution in [0.25, 0.3) is 11.3 Å². The molecule has 0 aliphatic carbocycles. The Kier molecular flexibility index (Phi) is 8.97. The number of rotatable bonds is 5. The summed E-state index contributed by atoms with van der Waals surface area (Å²) in [5.74, 6) is 1.71. The number of amides is 1. The van der Waals surface area contributed by atoms with Gasteiger partial charge in [-0.2, -0.15) is 0 Å². The van der Waals surface area contributed by atoms with Gasteiger partial charge >= 0.3 is 0 Å². The highest BCUT2D eigenvalue weighted by molar-refractivity contribution is 5.85. The molecule has 0 bridgehead atoms. The van der Waals surface area contributed by atoms with Crippen LogP contribution < -0.4 is 5.32 Å². The second-order valence-electron chi connectivity index (χ2n) is 6.03. The molecule has 138 valence electrons. The Morgan fingerprint density at radius 2 is 2.08 bits per heavy atom. The maximum absolute atomic E-state index is 12.2. The van der Waals surface area contributed by atoms with Gasteiger partial charge in [-0.1, -0.05) is 30.3 Å². The van der Waals surface area contributed by atoms with E-state index in [2.05, 4.69) is 17.2 Å². The molecule has 0 spiro atoms. The van der Waals surface area contributed by atoms with Gasteiger partial charge in [-0.25, -0.2) is 4.98 Å². The minimum Gasteiger partial charge on any atom is -0.441 e. The quantitative estimate of drug-likeness (QED) is 0.857. The van der Waals surface area contributed by atoms with E-state index < -0.39 is 0 Å². The third-order valence-corrected chi connectivity index (χ3v) is 4.11. The lowest BCUT2D eigenvalue weighted by atomic mass is 10.2. The standard InChI is InChI=1S/C18H23N3O2.2ClH/c1-14-13-21(11-10-19-14)18(22)9-5-8-17-20-12-16(23-17)15-6-3-2-4-7-15;;/h2-4,6-7,12,14,19H,5,8-11,13H2,1H3;2*1H. The topological polar surface area (TPSA) is 58.4 Å². The molecule has 1 aromatic heterocycles. The molecule has 1 aliphatic heterocycles. The van der Waals surface area contributed by atoms with Gasteiger partial charge in [-0.3, -0.25) is 4.79 Å². The fraction of sp³-hybridized carbons (Fsp3) is 0.444. The van der Waals surface area contributed by atoms with Crippen molar-refractivity contribution in [1.29, 1.82) is 0 Å². The van der Waals surface area contributed by atoms with E-state index in [1.807, 2.05) is 35.2 Å². The van der Waals surface area contributed by atoms with Gasteiger partial charge in [-0.15, -0.1) is 24.8 Å². The minimum atomic E-state index is 0. The summed E-state index contributed by atoms with van der Waals surface area (Å²) < 4.78 is 5.77. The third-order valence-electron chi connectivity index (χ3n) is 4.11. The zero-order valence-corrected chi connectivity index (χ0v) is 15.9. The summed E-state index contributed by atoms with van der Waals surface area (Å²) in [6.45, 7) is 4.60. The number of hydrogen-bond donors (Lipinski definition) is 1. The first-order chi connectivity index (χ1) is 11.2. The fourth-order valence-corrected chi connectivity index (χ4v) is 2.87. The van der Waals surface area contributed by atoms with E-state index in [1.54, 1.807) is 6.20 Å². The number of nitrogens with one attached hydrogen (secondary N) is 1. The second-order valence-corrected chi connectivity index (χ2v) is 6.03. The Bertz CT molecular complexity index is 649. The number of oxazole rings is 1. The highest BCUT2D eigenvalue weighted by Crippen LogP contribution is 2.20. The average molecular weight is 386 g/mol. The summed E-state index contributed by atoms with van der Waals surface area (Å²) in [4.78, 5) is 18.5. The lowest BCUT2D eigenvalue weighted by molar-refractivity contribution is -0.132. The van der Waals surface area contributed by atoms with Crippen LogP contribution in [-0.4, -0.2) is 41.5 Å². The van der Waals surface area contributed by atoms with Crippen LogP contribution in [0.5, 0.6) is 0 Å². The van der Waals surface area contributed by atoms with Gasteiger partial charge in [0.15, 0.2) is 11.7 Å². The normalized spacial score (nSPS) is 16.7. The molecule has 2 heterocycles. The highest BCUT2D eigenvalue weighted by Gasteiger charge is 2.20. The van der Waals surface area contributed by atoms with E-state index in [1.165, 1.54) is 0 Å². The van der Waals surface area contributed by atoms with Crippen LogP contribution in [-0.2, 0) is 11.2 Å². The van der Waals surface area contributed by atoms with Gasteiger partial charge in [0.05, 0.1) is 6.20 Å². The molecule has 7 heteroatoms. The number of halogens is 2. The molecular weight excluding hydrogens is 361 g/mol. The molecule has 1 aromatic carbocycles. The van der Waals surface area contributed by atoms with E-state index in [0.717, 1.165) is 37.4 Å². The summed E-state index contributed by atoms with van der Waals surface area (Å²) in [5, 5.41) is 3.35. The Hall–Kier alpha value is -1.56. The van der Waals surface area contributed by atoms with Gasteiger partial charge < -0.3 is 14.6 Å². The number of hydrogen-bond acceptors (Lipinski definition) is 4. The van der Waals surface area contributed by atoms with Crippen LogP contribution in [0.15, 0.2) is 40.9 Å². The van der Waals surface area contributed by atoms with Crippen molar-refractivity contribution in [2.75, 3.05) is 19.6 Å². The number of nitrogens with zero attached hydrogens (tertiary/aromatic N) is 2. The summed E-state index contributed by atoms with van der Waals surface area (Å²) in [7, 11) is 0. The SMILES string of the molecule is CC1CN(C(=O)CCCc2ncc(-c3ccccc3)o2)CCN1.Cl.Cl. The van der Waals surface area contributed by atoms with Crippen molar-refractivity contribution < 1.29 is 9.21 Å². The summed E-state index contributed by atoms with van der Waals surface area (Å²) in [5.41, 5.74) is 1.03. The van der Waals surface area contributed by atoms with Gasteiger partial charge in [0, 0.05) is 44.1 Å². The van der Waals surface area contributed by atoms with Gasteiger partial charge in [0.25, 0.3) is 0 Å². The highest BCUT2D eigenvalue weighted by atomic mass is 35.5. The molecule has 0 radical (unpaired) electrons. The molecule has 2 aromatic rings. The summed E-state index contributed by atoms with van der Waals surface area (Å²) in [6.07, 6.45) is 3.77. The van der Waals surface area contributed by atoms with Crippen molar-refractivity contribution in [3.8, 4) is 11.3 Å². The second kappa shape index (κ2) is 10.4. The molecule has 1 fully saturated rings. The lowest BCUT2D eigenvalue weighted by Gasteiger charge is -2.32. The Morgan fingerprint density at radius 3 is 2.80 bits per heavy atom. The molecule has 1 amide bonds. The van der Waals surface area contributed by atoms with Crippen LogP contribution in [0.1, 0.15) is 25.7 Å². The van der Waals surface area contributed by atoms with E-state index in [0.29, 0.717) is 24.8 Å². The van der Waals surface area contributed by atoms with Crippen LogP contribution in [0.2, 0.25) is 0 Å². The lowest BCUT2D eigenvalue weighted by Crippen LogP contribution is -2.51. The van der Waals surface area contributed by atoms with Gasteiger partial charge in [0.2, 0.25) is 5.91 Å². The average Bonchev–Trinajstić information content (AvgIpc) is 3.04. The maximum Gasteiger partial charge on any atom is 0.222 e. The van der Waals surface area contributed by atoms with Crippen LogP contribution >= 0.6 is 24.8 Å². The number of piperazine rings is 1. The largest absolute Gasteiger partial charge is 0.441 e. The first-order valence-electron chi connectivity index (χ1n) is 8.23. The first-order valence-corrected chi connectivity index (χ1v) is 8.23. The summed E-state index contributed by atoms with van der Waals surface area (Å²) in [6, 6.07) is 10.3. The maximum atomic E-state index is 12.2. The number of benzene rings is 1. The molecule has 0 saturated carbocycles. The molecule has 1 saturated heterocycles. The first kappa shape index (κ1) is 21.5. The molecule has 1 unspecified atom stereocenters. The third kappa shape index (κ3) is 6.03. The number of aryl methyl sites for hydroxylation is 1. The van der Waals surface area contributed by atoms with Crippen LogP contribution in [0.4, 0.5) is 0 Å². The van der Waals surface area contributed by atoms with Crippen molar-refractivity contribution in [2.24, 2.45) is 0 Å². The molecule has 25 heavy (non-hydrogen) atoms. The minimum absolute atomic E-state index is 0. The molecule has 1 N–H and O–H groups in total. The zero-order chi connectivity index (χ0) is 16.1. The van der Waals surface area contributed by atoms with Crippen molar-refractivity contribution in [3.63, 3.8) is 0 Å². The fourth-order valence-electron chi connectivity index (χ4n) is 2.87.